The molecule has 7 heteroatoms. The molecule has 0 radical (unpaired) electrons. The first-order valence-electron chi connectivity index (χ1n) is 7.55. The summed E-state index contributed by atoms with van der Waals surface area (Å²) in [6.45, 7) is 3.25. The second kappa shape index (κ2) is 7.82. The van der Waals surface area contributed by atoms with Gasteiger partial charge < -0.3 is 19.3 Å². The van der Waals surface area contributed by atoms with Crippen molar-refractivity contribution in [3.8, 4) is 5.88 Å². The predicted molar refractivity (Wildman–Crippen MR) is 77.3 cm³/mol. The van der Waals surface area contributed by atoms with Crippen LogP contribution in [-0.4, -0.2) is 36.3 Å². The van der Waals surface area contributed by atoms with Crippen molar-refractivity contribution < 1.29 is 23.6 Å². The summed E-state index contributed by atoms with van der Waals surface area (Å²) in [6, 6.07) is 1.74. The maximum absolute atomic E-state index is 11.8. The van der Waals surface area contributed by atoms with Crippen molar-refractivity contribution in [2.24, 2.45) is 5.92 Å². The van der Waals surface area contributed by atoms with Crippen molar-refractivity contribution >= 4 is 11.9 Å². The van der Waals surface area contributed by atoms with E-state index in [0.29, 0.717) is 11.7 Å². The molecule has 0 bridgehead atoms. The molecule has 1 saturated carbocycles. The van der Waals surface area contributed by atoms with Gasteiger partial charge in [0.15, 0.2) is 13.2 Å². The molecule has 22 heavy (non-hydrogen) atoms. The maximum Gasteiger partial charge on any atom is 0.344 e. The lowest BCUT2D eigenvalue weighted by molar-refractivity contribution is -0.150. The Hall–Kier alpha value is -2.05. The molecule has 1 aromatic rings. The Labute approximate surface area is 129 Å². The van der Waals surface area contributed by atoms with Crippen molar-refractivity contribution in [1.82, 2.24) is 10.5 Å². The van der Waals surface area contributed by atoms with Gasteiger partial charge in [-0.2, -0.15) is 0 Å². The highest BCUT2D eigenvalue weighted by molar-refractivity contribution is 5.81. The maximum atomic E-state index is 11.8. The second-order valence-corrected chi connectivity index (χ2v) is 5.66. The van der Waals surface area contributed by atoms with Crippen molar-refractivity contribution in [1.29, 1.82) is 0 Å². The number of rotatable bonds is 6. The van der Waals surface area contributed by atoms with Crippen molar-refractivity contribution in [3.63, 3.8) is 0 Å². The standard InChI is InChI=1S/C15H22N2O5/c1-10-5-3-4-6-12(10)16-13(18)8-21-15(19)9-20-14-7-11(2)22-17-14/h7,10,12H,3-6,8-9H2,1-2H3,(H,16,18)/t10-,12-/m1/s1. The number of aryl methyl sites for hydroxylation is 1. The zero-order chi connectivity index (χ0) is 15.9. The number of hydrogen-bond donors (Lipinski definition) is 1. The molecule has 1 N–H and O–H groups in total. The van der Waals surface area contributed by atoms with E-state index in [1.165, 1.54) is 6.42 Å². The summed E-state index contributed by atoms with van der Waals surface area (Å²) in [6.07, 6.45) is 4.44. The van der Waals surface area contributed by atoms with Crippen molar-refractivity contribution in [2.45, 2.75) is 45.6 Å². The number of carbonyl (C=O) groups is 2. The van der Waals surface area contributed by atoms with Gasteiger partial charge in [0.25, 0.3) is 11.8 Å². The third-order valence-corrected chi connectivity index (χ3v) is 3.77. The first-order chi connectivity index (χ1) is 10.5. The van der Waals surface area contributed by atoms with Gasteiger partial charge in [-0.15, -0.1) is 0 Å². The quantitative estimate of drug-likeness (QED) is 0.803. The number of amides is 1. The number of hydrogen-bond acceptors (Lipinski definition) is 6. The van der Waals surface area contributed by atoms with E-state index in [9.17, 15) is 9.59 Å². The van der Waals surface area contributed by atoms with Gasteiger partial charge in [0.2, 0.25) is 0 Å². The van der Waals surface area contributed by atoms with Gasteiger partial charge >= 0.3 is 5.97 Å². The van der Waals surface area contributed by atoms with E-state index >= 15 is 0 Å². The largest absolute Gasteiger partial charge is 0.463 e. The van der Waals surface area contributed by atoms with Gasteiger partial charge in [0, 0.05) is 12.1 Å². The summed E-state index contributed by atoms with van der Waals surface area (Å²) in [7, 11) is 0. The first-order valence-corrected chi connectivity index (χ1v) is 7.55. The number of aromatic nitrogens is 1. The molecule has 2 atom stereocenters. The molecule has 1 aromatic heterocycles. The molecule has 1 heterocycles. The number of ether oxygens (including phenoxy) is 2. The highest BCUT2D eigenvalue weighted by Crippen LogP contribution is 2.23. The van der Waals surface area contributed by atoms with Crippen molar-refractivity contribution in [2.75, 3.05) is 13.2 Å². The number of nitrogens with one attached hydrogen (secondary N) is 1. The Bertz CT molecular complexity index is 514. The Morgan fingerprint density at radius 2 is 2.14 bits per heavy atom. The Balaban J connectivity index is 1.63. The summed E-state index contributed by atoms with van der Waals surface area (Å²) in [5, 5.41) is 6.50. The minimum Gasteiger partial charge on any atom is -0.463 e. The molecule has 0 aromatic carbocycles. The van der Waals surface area contributed by atoms with Gasteiger partial charge in [0.1, 0.15) is 5.76 Å². The van der Waals surface area contributed by atoms with Gasteiger partial charge in [-0.1, -0.05) is 19.8 Å². The van der Waals surface area contributed by atoms with Crippen LogP contribution >= 0.6 is 0 Å². The normalized spacial score (nSPS) is 21.2. The fourth-order valence-electron chi connectivity index (χ4n) is 2.51. The second-order valence-electron chi connectivity index (χ2n) is 5.66. The fraction of sp³-hybridized carbons (Fsp3) is 0.667. The van der Waals surface area contributed by atoms with E-state index < -0.39 is 5.97 Å². The van der Waals surface area contributed by atoms with E-state index in [1.807, 2.05) is 0 Å². The van der Waals surface area contributed by atoms with Crippen LogP contribution in [0.3, 0.4) is 0 Å². The molecule has 1 aliphatic rings. The first kappa shape index (κ1) is 16.3. The van der Waals surface area contributed by atoms with E-state index in [4.69, 9.17) is 14.0 Å². The van der Waals surface area contributed by atoms with Crippen LogP contribution in [0.15, 0.2) is 10.6 Å². The minimum absolute atomic E-state index is 0.175. The molecule has 0 saturated heterocycles. The molecule has 0 unspecified atom stereocenters. The highest BCUT2D eigenvalue weighted by Gasteiger charge is 2.23. The third kappa shape index (κ3) is 5.05. The Kier molecular flexibility index (Phi) is 5.80. The van der Waals surface area contributed by atoms with Gasteiger partial charge in [-0.3, -0.25) is 4.79 Å². The van der Waals surface area contributed by atoms with E-state index in [-0.39, 0.29) is 31.0 Å². The van der Waals surface area contributed by atoms with Gasteiger partial charge in [-0.05, 0) is 30.8 Å². The van der Waals surface area contributed by atoms with Gasteiger partial charge in [0.05, 0.1) is 0 Å². The van der Waals surface area contributed by atoms with Crippen LogP contribution in [0.25, 0.3) is 0 Å². The van der Waals surface area contributed by atoms with Gasteiger partial charge in [-0.25, -0.2) is 4.79 Å². The molecule has 1 fully saturated rings. The topological polar surface area (TPSA) is 90.7 Å². The van der Waals surface area contributed by atoms with Crippen LogP contribution in [0.1, 0.15) is 38.4 Å². The molecular weight excluding hydrogens is 288 g/mol. The summed E-state index contributed by atoms with van der Waals surface area (Å²) in [5.41, 5.74) is 0. The Morgan fingerprint density at radius 1 is 1.36 bits per heavy atom. The molecule has 0 spiro atoms. The minimum atomic E-state index is -0.618. The van der Waals surface area contributed by atoms with E-state index in [0.717, 1.165) is 19.3 Å². The summed E-state index contributed by atoms with van der Waals surface area (Å²) < 4.78 is 14.7. The van der Waals surface area contributed by atoms with Crippen molar-refractivity contribution in [3.05, 3.63) is 11.8 Å². The number of carbonyl (C=O) groups excluding carboxylic acids is 2. The fourth-order valence-corrected chi connectivity index (χ4v) is 2.51. The zero-order valence-electron chi connectivity index (χ0n) is 13.0. The lowest BCUT2D eigenvalue weighted by Crippen LogP contribution is -2.43. The smallest absolute Gasteiger partial charge is 0.344 e. The lowest BCUT2D eigenvalue weighted by atomic mass is 9.86. The monoisotopic (exact) mass is 310 g/mol. The molecule has 7 nitrogen and oxygen atoms in total. The third-order valence-electron chi connectivity index (χ3n) is 3.77. The molecule has 2 rings (SSSR count). The summed E-state index contributed by atoms with van der Waals surface area (Å²) >= 11 is 0. The van der Waals surface area contributed by atoms with E-state index in [1.54, 1.807) is 13.0 Å². The van der Waals surface area contributed by atoms with E-state index in [2.05, 4.69) is 17.4 Å². The molecule has 0 aliphatic heterocycles. The van der Waals surface area contributed by atoms with Crippen LogP contribution < -0.4 is 10.1 Å². The summed E-state index contributed by atoms with van der Waals surface area (Å²) in [4.78, 5) is 23.3. The van der Waals surface area contributed by atoms with Crippen LogP contribution in [0.4, 0.5) is 0 Å². The van der Waals surface area contributed by atoms with Crippen LogP contribution in [0.2, 0.25) is 0 Å². The zero-order valence-corrected chi connectivity index (χ0v) is 13.0. The Morgan fingerprint density at radius 3 is 2.82 bits per heavy atom. The average molecular weight is 310 g/mol. The van der Waals surface area contributed by atoms with Crippen LogP contribution in [-0.2, 0) is 14.3 Å². The SMILES string of the molecule is Cc1cc(OCC(=O)OCC(=O)N[C@@H]2CCCC[C@H]2C)no1. The lowest BCUT2D eigenvalue weighted by Gasteiger charge is -2.29. The highest BCUT2D eigenvalue weighted by atomic mass is 16.6. The molecular formula is C15H22N2O5. The molecule has 1 amide bonds. The number of esters is 1. The number of nitrogens with zero attached hydrogens (tertiary/aromatic N) is 1. The molecule has 122 valence electrons. The predicted octanol–water partition coefficient (Wildman–Crippen LogP) is 1.60. The van der Waals surface area contributed by atoms with Crippen LogP contribution in [0.5, 0.6) is 5.88 Å². The average Bonchev–Trinajstić information content (AvgIpc) is 2.91. The summed E-state index contributed by atoms with van der Waals surface area (Å²) in [5.74, 6) is 0.378. The van der Waals surface area contributed by atoms with Crippen LogP contribution in [0, 0.1) is 12.8 Å². The molecule has 1 aliphatic carbocycles.